The van der Waals surface area contributed by atoms with Crippen molar-refractivity contribution in [2.24, 2.45) is 0 Å². The van der Waals surface area contributed by atoms with E-state index in [0.717, 1.165) is 10.5 Å². The Kier molecular flexibility index (Phi) is 4.45. The SMILES string of the molecule is COC(=O)c1oc(CN2C(=O)NC(C)(Cc3ccc4c(c3)OCO4)C2=O)cc1C. The van der Waals surface area contributed by atoms with Crippen LogP contribution in [-0.4, -0.2) is 42.2 Å². The molecule has 1 unspecified atom stereocenters. The van der Waals surface area contributed by atoms with Crippen molar-refractivity contribution in [1.29, 1.82) is 0 Å². The number of carbonyl (C=O) groups is 3. The molecule has 1 saturated heterocycles. The molecule has 2 aromatic rings. The Morgan fingerprint density at radius 1 is 1.24 bits per heavy atom. The molecule has 152 valence electrons. The van der Waals surface area contributed by atoms with Crippen molar-refractivity contribution >= 4 is 17.9 Å². The Balaban J connectivity index is 1.52. The smallest absolute Gasteiger partial charge is 0.374 e. The highest BCUT2D eigenvalue weighted by Gasteiger charge is 2.48. The van der Waals surface area contributed by atoms with Gasteiger partial charge in [0.2, 0.25) is 12.6 Å². The molecule has 0 saturated carbocycles. The second kappa shape index (κ2) is 6.84. The van der Waals surface area contributed by atoms with E-state index >= 15 is 0 Å². The van der Waals surface area contributed by atoms with Crippen LogP contribution in [0.1, 0.15) is 34.4 Å². The van der Waals surface area contributed by atoms with E-state index in [2.05, 4.69) is 10.1 Å². The molecule has 0 radical (unpaired) electrons. The van der Waals surface area contributed by atoms with E-state index in [0.29, 0.717) is 22.8 Å². The second-order valence-corrected chi connectivity index (χ2v) is 7.23. The fourth-order valence-electron chi connectivity index (χ4n) is 3.55. The van der Waals surface area contributed by atoms with Gasteiger partial charge in [0.25, 0.3) is 5.91 Å². The van der Waals surface area contributed by atoms with Gasteiger partial charge in [0.1, 0.15) is 11.3 Å². The molecule has 1 fully saturated rings. The average Bonchev–Trinajstić information content (AvgIpc) is 3.34. The number of rotatable bonds is 5. The van der Waals surface area contributed by atoms with Crippen molar-refractivity contribution < 1.29 is 33.0 Å². The standard InChI is InChI=1S/C20H20N2O7/c1-11-6-13(29-16(11)17(23)26-3)9-22-18(24)20(2,21-19(22)25)8-12-4-5-14-15(7-12)28-10-27-14/h4-7H,8-10H2,1-3H3,(H,21,25). The Morgan fingerprint density at radius 2 is 2.00 bits per heavy atom. The fourth-order valence-corrected chi connectivity index (χ4v) is 3.55. The lowest BCUT2D eigenvalue weighted by Crippen LogP contribution is -2.45. The number of aryl methyl sites for hydroxylation is 1. The Morgan fingerprint density at radius 3 is 2.76 bits per heavy atom. The minimum atomic E-state index is -1.11. The van der Waals surface area contributed by atoms with Gasteiger partial charge in [-0.2, -0.15) is 0 Å². The van der Waals surface area contributed by atoms with Crippen molar-refractivity contribution in [2.45, 2.75) is 32.4 Å². The number of furan rings is 1. The molecular weight excluding hydrogens is 380 g/mol. The highest BCUT2D eigenvalue weighted by Crippen LogP contribution is 2.34. The number of ether oxygens (including phenoxy) is 3. The van der Waals surface area contributed by atoms with Crippen LogP contribution < -0.4 is 14.8 Å². The zero-order valence-corrected chi connectivity index (χ0v) is 16.2. The van der Waals surface area contributed by atoms with Crippen LogP contribution >= 0.6 is 0 Å². The number of urea groups is 1. The van der Waals surface area contributed by atoms with Gasteiger partial charge in [-0.25, -0.2) is 9.59 Å². The summed E-state index contributed by atoms with van der Waals surface area (Å²) in [6.07, 6.45) is 0.287. The van der Waals surface area contributed by atoms with Crippen LogP contribution in [0.25, 0.3) is 0 Å². The molecule has 9 heteroatoms. The first-order chi connectivity index (χ1) is 13.8. The predicted molar refractivity (Wildman–Crippen MR) is 98.5 cm³/mol. The minimum absolute atomic E-state index is 0.0534. The van der Waals surface area contributed by atoms with Crippen molar-refractivity contribution in [1.82, 2.24) is 10.2 Å². The number of hydrogen-bond donors (Lipinski definition) is 1. The highest BCUT2D eigenvalue weighted by atomic mass is 16.7. The van der Waals surface area contributed by atoms with Crippen LogP contribution in [0.2, 0.25) is 0 Å². The molecule has 1 aromatic heterocycles. The summed E-state index contributed by atoms with van der Waals surface area (Å²) in [5.41, 5.74) is 0.286. The van der Waals surface area contributed by atoms with Crippen LogP contribution in [0.5, 0.6) is 11.5 Å². The van der Waals surface area contributed by atoms with E-state index in [9.17, 15) is 14.4 Å². The number of methoxy groups -OCH3 is 1. The van der Waals surface area contributed by atoms with Gasteiger partial charge in [0.05, 0.1) is 13.7 Å². The number of carbonyl (C=O) groups excluding carboxylic acids is 3. The van der Waals surface area contributed by atoms with Crippen molar-refractivity contribution in [2.75, 3.05) is 13.9 Å². The van der Waals surface area contributed by atoms with Gasteiger partial charge in [-0.05, 0) is 37.6 Å². The number of nitrogens with one attached hydrogen (secondary N) is 1. The van der Waals surface area contributed by atoms with E-state index in [1.165, 1.54) is 7.11 Å². The van der Waals surface area contributed by atoms with Crippen molar-refractivity contribution in [3.63, 3.8) is 0 Å². The van der Waals surface area contributed by atoms with E-state index < -0.39 is 17.5 Å². The van der Waals surface area contributed by atoms with E-state index in [-0.39, 0.29) is 31.4 Å². The summed E-state index contributed by atoms with van der Waals surface area (Å²) in [5.74, 6) is 0.641. The number of esters is 1. The number of fused-ring (bicyclic) bond motifs is 1. The van der Waals surface area contributed by atoms with E-state index in [1.54, 1.807) is 32.0 Å². The molecular formula is C20H20N2O7. The molecule has 1 N–H and O–H groups in total. The number of nitrogens with zero attached hydrogens (tertiary/aromatic N) is 1. The van der Waals surface area contributed by atoms with Gasteiger partial charge in [-0.1, -0.05) is 6.07 Å². The molecule has 1 atom stereocenters. The highest BCUT2D eigenvalue weighted by molar-refractivity contribution is 6.06. The Bertz CT molecular complexity index is 1010. The van der Waals surface area contributed by atoms with Crippen molar-refractivity contribution in [3.05, 3.63) is 46.9 Å². The monoisotopic (exact) mass is 400 g/mol. The van der Waals surface area contributed by atoms with Crippen LogP contribution in [0, 0.1) is 6.92 Å². The second-order valence-electron chi connectivity index (χ2n) is 7.23. The lowest BCUT2D eigenvalue weighted by atomic mass is 9.92. The zero-order chi connectivity index (χ0) is 20.8. The lowest BCUT2D eigenvalue weighted by Gasteiger charge is -2.21. The normalized spacial score (nSPS) is 20.2. The summed E-state index contributed by atoms with van der Waals surface area (Å²) < 4.78 is 20.8. The lowest BCUT2D eigenvalue weighted by molar-refractivity contribution is -0.131. The van der Waals surface area contributed by atoms with Gasteiger partial charge in [0, 0.05) is 12.0 Å². The molecule has 2 aliphatic heterocycles. The largest absolute Gasteiger partial charge is 0.463 e. The predicted octanol–water partition coefficient (Wildman–Crippen LogP) is 2.16. The molecule has 1 aromatic carbocycles. The summed E-state index contributed by atoms with van der Waals surface area (Å²) in [7, 11) is 1.25. The van der Waals surface area contributed by atoms with E-state index in [1.807, 2.05) is 6.07 Å². The number of benzene rings is 1. The molecule has 0 aliphatic carbocycles. The van der Waals surface area contributed by atoms with Crippen LogP contribution in [0.3, 0.4) is 0 Å². The maximum absolute atomic E-state index is 13.0. The van der Waals surface area contributed by atoms with Gasteiger partial charge in [0.15, 0.2) is 11.5 Å². The Labute approximate surface area is 166 Å². The number of imide groups is 1. The van der Waals surface area contributed by atoms with Gasteiger partial charge in [-0.15, -0.1) is 0 Å². The topological polar surface area (TPSA) is 107 Å². The molecule has 29 heavy (non-hydrogen) atoms. The molecule has 3 amide bonds. The third-order valence-electron chi connectivity index (χ3n) is 4.99. The maximum Gasteiger partial charge on any atom is 0.374 e. The van der Waals surface area contributed by atoms with Gasteiger partial charge < -0.3 is 23.9 Å². The van der Waals surface area contributed by atoms with Crippen LogP contribution in [0.15, 0.2) is 28.7 Å². The fraction of sp³-hybridized carbons (Fsp3) is 0.350. The quantitative estimate of drug-likeness (QED) is 0.605. The molecule has 4 rings (SSSR count). The molecule has 3 heterocycles. The van der Waals surface area contributed by atoms with Crippen molar-refractivity contribution in [3.8, 4) is 11.5 Å². The summed E-state index contributed by atoms with van der Waals surface area (Å²) in [6.45, 7) is 3.44. The zero-order valence-electron chi connectivity index (χ0n) is 16.2. The van der Waals surface area contributed by atoms with E-state index in [4.69, 9.17) is 13.9 Å². The Hall–Kier alpha value is -3.49. The molecule has 2 aliphatic rings. The first-order valence-corrected chi connectivity index (χ1v) is 9.01. The number of amides is 3. The third-order valence-corrected chi connectivity index (χ3v) is 4.99. The van der Waals surface area contributed by atoms with Crippen LogP contribution in [-0.2, 0) is 22.5 Å². The number of hydrogen-bond acceptors (Lipinski definition) is 7. The van der Waals surface area contributed by atoms with Crippen LogP contribution in [0.4, 0.5) is 4.79 Å². The molecule has 0 spiro atoms. The maximum atomic E-state index is 13.0. The summed E-state index contributed by atoms with van der Waals surface area (Å²) in [4.78, 5) is 38.3. The summed E-state index contributed by atoms with van der Waals surface area (Å²) in [6, 6.07) is 6.50. The first kappa shape index (κ1) is 18.9. The first-order valence-electron chi connectivity index (χ1n) is 9.01. The molecule has 0 bridgehead atoms. The summed E-state index contributed by atoms with van der Waals surface area (Å²) >= 11 is 0. The summed E-state index contributed by atoms with van der Waals surface area (Å²) in [5, 5.41) is 2.75. The van der Waals surface area contributed by atoms with Gasteiger partial charge >= 0.3 is 12.0 Å². The average molecular weight is 400 g/mol. The van der Waals surface area contributed by atoms with Gasteiger partial charge in [-0.3, -0.25) is 9.69 Å². The third kappa shape index (κ3) is 3.28. The minimum Gasteiger partial charge on any atom is -0.463 e. The molecule has 9 nitrogen and oxygen atoms in total.